The second-order valence-electron chi connectivity index (χ2n) is 4.16. The Bertz CT molecular complexity index is 735. The maximum absolute atomic E-state index is 5.42. The van der Waals surface area contributed by atoms with Crippen molar-refractivity contribution in [1.29, 1.82) is 0 Å². The molecule has 3 nitrogen and oxygen atoms in total. The highest BCUT2D eigenvalue weighted by atomic mass is 79.9. The molecule has 0 bridgehead atoms. The van der Waals surface area contributed by atoms with Gasteiger partial charge in [0.25, 0.3) is 0 Å². The Balaban J connectivity index is 1.86. The van der Waals surface area contributed by atoms with Crippen LogP contribution in [0.25, 0.3) is 23.5 Å². The van der Waals surface area contributed by atoms with Gasteiger partial charge in [-0.25, -0.2) is 0 Å². The van der Waals surface area contributed by atoms with Crippen LogP contribution >= 0.6 is 15.9 Å². The highest BCUT2D eigenvalue weighted by molar-refractivity contribution is 9.10. The molecule has 0 atom stereocenters. The second kappa shape index (κ2) is 5.84. The summed E-state index contributed by atoms with van der Waals surface area (Å²) in [5.74, 6) is 0.799. The number of nitrogens with zero attached hydrogens (tertiary/aromatic N) is 2. The third-order valence-electron chi connectivity index (χ3n) is 2.75. The molecule has 0 spiro atoms. The van der Waals surface area contributed by atoms with Crippen molar-refractivity contribution < 1.29 is 4.42 Å². The lowest BCUT2D eigenvalue weighted by Crippen LogP contribution is -1.86. The van der Waals surface area contributed by atoms with E-state index in [1.165, 1.54) is 0 Å². The van der Waals surface area contributed by atoms with E-state index in [1.54, 1.807) is 12.4 Å². The van der Waals surface area contributed by atoms with Gasteiger partial charge in [0.2, 0.25) is 0 Å². The maximum atomic E-state index is 5.42. The summed E-state index contributed by atoms with van der Waals surface area (Å²) in [5.41, 5.74) is 2.77. The minimum atomic E-state index is 0.723. The third-order valence-corrected chi connectivity index (χ3v) is 3.17. The Morgan fingerprint density at radius 3 is 2.55 bits per heavy atom. The molecule has 0 fully saturated rings. The van der Waals surface area contributed by atoms with Gasteiger partial charge in [0.1, 0.15) is 5.76 Å². The Hall–Kier alpha value is -2.20. The van der Waals surface area contributed by atoms with Gasteiger partial charge in [-0.15, -0.1) is 0 Å². The van der Waals surface area contributed by atoms with E-state index in [2.05, 4.69) is 25.9 Å². The van der Waals surface area contributed by atoms with Crippen molar-refractivity contribution in [3.63, 3.8) is 0 Å². The maximum Gasteiger partial charge on any atom is 0.169 e. The number of pyridine rings is 2. The lowest BCUT2D eigenvalue weighted by Gasteiger charge is -2.00. The normalized spacial score (nSPS) is 11.1. The fourth-order valence-electron chi connectivity index (χ4n) is 1.80. The molecule has 0 aliphatic rings. The van der Waals surface area contributed by atoms with Crippen LogP contribution in [0.1, 0.15) is 11.3 Å². The van der Waals surface area contributed by atoms with Gasteiger partial charge in [0, 0.05) is 12.4 Å². The van der Waals surface area contributed by atoms with E-state index in [1.807, 2.05) is 54.6 Å². The largest absolute Gasteiger partial charge is 0.450 e. The summed E-state index contributed by atoms with van der Waals surface area (Å²) in [6.45, 7) is 0. The summed E-state index contributed by atoms with van der Waals surface area (Å²) < 4.78 is 6.15. The van der Waals surface area contributed by atoms with Gasteiger partial charge in [-0.1, -0.05) is 12.1 Å². The number of furan rings is 1. The molecule has 0 saturated heterocycles. The average Bonchev–Trinajstić information content (AvgIpc) is 2.92. The summed E-state index contributed by atoms with van der Waals surface area (Å²) in [6, 6.07) is 13.5. The molecule has 0 aliphatic carbocycles. The van der Waals surface area contributed by atoms with E-state index in [9.17, 15) is 0 Å². The number of rotatable bonds is 3. The van der Waals surface area contributed by atoms with Crippen molar-refractivity contribution in [2.45, 2.75) is 0 Å². The van der Waals surface area contributed by atoms with E-state index in [0.29, 0.717) is 0 Å². The molecule has 0 aromatic carbocycles. The van der Waals surface area contributed by atoms with Crippen molar-refractivity contribution >= 4 is 28.1 Å². The molecule has 0 N–H and O–H groups in total. The zero-order valence-electron chi connectivity index (χ0n) is 10.5. The zero-order chi connectivity index (χ0) is 13.8. The number of halogens is 1. The molecule has 0 aliphatic heterocycles. The molecule has 4 heteroatoms. The van der Waals surface area contributed by atoms with Crippen LogP contribution in [-0.4, -0.2) is 9.97 Å². The van der Waals surface area contributed by atoms with E-state index >= 15 is 0 Å². The van der Waals surface area contributed by atoms with E-state index in [0.717, 1.165) is 27.4 Å². The highest BCUT2D eigenvalue weighted by Crippen LogP contribution is 2.18. The lowest BCUT2D eigenvalue weighted by molar-refractivity contribution is 0.532. The van der Waals surface area contributed by atoms with E-state index in [4.69, 9.17) is 4.42 Å². The molecule has 20 heavy (non-hydrogen) atoms. The van der Waals surface area contributed by atoms with Crippen LogP contribution in [0.3, 0.4) is 0 Å². The van der Waals surface area contributed by atoms with Crippen molar-refractivity contribution in [3.8, 4) is 11.4 Å². The molecular weight excluding hydrogens is 316 g/mol. The minimum absolute atomic E-state index is 0.723. The monoisotopic (exact) mass is 326 g/mol. The van der Waals surface area contributed by atoms with Crippen LogP contribution in [0.5, 0.6) is 0 Å². The van der Waals surface area contributed by atoms with Gasteiger partial charge >= 0.3 is 0 Å². The second-order valence-corrected chi connectivity index (χ2v) is 4.95. The number of hydrogen-bond donors (Lipinski definition) is 0. The zero-order valence-corrected chi connectivity index (χ0v) is 12.1. The van der Waals surface area contributed by atoms with Gasteiger partial charge < -0.3 is 4.42 Å². The van der Waals surface area contributed by atoms with Gasteiger partial charge in [0.05, 0.1) is 11.4 Å². The Kier molecular flexibility index (Phi) is 3.74. The van der Waals surface area contributed by atoms with Gasteiger partial charge in [-0.3, -0.25) is 9.97 Å². The SMILES string of the molecule is Brc1ccc(/C=C\c2ccnc(-c3ccccn3)c2)o1. The van der Waals surface area contributed by atoms with Crippen LogP contribution in [0.2, 0.25) is 0 Å². The highest BCUT2D eigenvalue weighted by Gasteiger charge is 2.00. The molecule has 3 aromatic rings. The molecule has 0 amide bonds. The van der Waals surface area contributed by atoms with Crippen molar-refractivity contribution in [2.75, 3.05) is 0 Å². The average molecular weight is 327 g/mol. The molecule has 3 aromatic heterocycles. The first-order valence-electron chi connectivity index (χ1n) is 6.12. The summed E-state index contributed by atoms with van der Waals surface area (Å²) in [7, 11) is 0. The molecular formula is C16H11BrN2O. The predicted octanol–water partition coefficient (Wildman–Crippen LogP) is 4.67. The fourth-order valence-corrected chi connectivity index (χ4v) is 2.12. The number of aromatic nitrogens is 2. The predicted molar refractivity (Wildman–Crippen MR) is 82.8 cm³/mol. The Morgan fingerprint density at radius 2 is 1.80 bits per heavy atom. The summed E-state index contributed by atoms with van der Waals surface area (Å²) >= 11 is 3.28. The van der Waals surface area contributed by atoms with Crippen LogP contribution < -0.4 is 0 Å². The molecule has 3 heterocycles. The third kappa shape index (κ3) is 3.03. The van der Waals surface area contributed by atoms with E-state index in [-0.39, 0.29) is 0 Å². The quantitative estimate of drug-likeness (QED) is 0.702. The van der Waals surface area contributed by atoms with Crippen LogP contribution in [0, 0.1) is 0 Å². The smallest absolute Gasteiger partial charge is 0.169 e. The molecule has 0 saturated carbocycles. The van der Waals surface area contributed by atoms with Crippen molar-refractivity contribution in [3.05, 3.63) is 70.9 Å². The summed E-state index contributed by atoms with van der Waals surface area (Å²) in [6.07, 6.45) is 7.45. The first-order chi connectivity index (χ1) is 9.81. The molecule has 3 rings (SSSR count). The van der Waals surface area contributed by atoms with Gasteiger partial charge in [0.15, 0.2) is 4.67 Å². The van der Waals surface area contributed by atoms with Crippen molar-refractivity contribution in [1.82, 2.24) is 9.97 Å². The first-order valence-corrected chi connectivity index (χ1v) is 6.91. The van der Waals surface area contributed by atoms with Crippen LogP contribution in [0.4, 0.5) is 0 Å². The van der Waals surface area contributed by atoms with Crippen LogP contribution in [0.15, 0.2) is 63.9 Å². The standard InChI is InChI=1S/C16H11BrN2O/c17-16-7-6-13(20-16)5-4-12-8-10-19-15(11-12)14-3-1-2-9-18-14/h1-11H/b5-4-. The molecule has 0 radical (unpaired) electrons. The Labute approximate surface area is 125 Å². The van der Waals surface area contributed by atoms with Crippen molar-refractivity contribution in [2.24, 2.45) is 0 Å². The fraction of sp³-hybridized carbons (Fsp3) is 0. The number of hydrogen-bond acceptors (Lipinski definition) is 3. The first kappa shape index (κ1) is 12.8. The lowest BCUT2D eigenvalue weighted by atomic mass is 10.1. The van der Waals surface area contributed by atoms with Gasteiger partial charge in [-0.05, 0) is 64.0 Å². The minimum Gasteiger partial charge on any atom is -0.450 e. The topological polar surface area (TPSA) is 38.9 Å². The van der Waals surface area contributed by atoms with Crippen LogP contribution in [-0.2, 0) is 0 Å². The van der Waals surface area contributed by atoms with Gasteiger partial charge in [-0.2, -0.15) is 0 Å². The summed E-state index contributed by atoms with van der Waals surface area (Å²) in [4.78, 5) is 8.64. The van der Waals surface area contributed by atoms with E-state index < -0.39 is 0 Å². The Morgan fingerprint density at radius 1 is 0.900 bits per heavy atom. The molecule has 98 valence electrons. The molecule has 0 unspecified atom stereocenters. The summed E-state index contributed by atoms with van der Waals surface area (Å²) in [5, 5.41) is 0.